The van der Waals surface area contributed by atoms with E-state index in [-0.39, 0.29) is 0 Å². The lowest BCUT2D eigenvalue weighted by molar-refractivity contribution is 0.199. The van der Waals surface area contributed by atoms with Gasteiger partial charge in [0.25, 0.3) is 0 Å². The monoisotopic (exact) mass is 444 g/mol. The number of hydrogen-bond acceptors (Lipinski definition) is 3. The molecular formula is C26H53O3P. The van der Waals surface area contributed by atoms with Crippen LogP contribution in [0, 0.1) is 0 Å². The minimum Gasteiger partial charge on any atom is -0.309 e. The SMILES string of the molecule is CCCCCCCCC=CCCCCCCCCP(=O)(OCCCC)OCCCC. The molecule has 0 fully saturated rings. The van der Waals surface area contributed by atoms with Gasteiger partial charge in [-0.25, -0.2) is 0 Å². The molecule has 0 heterocycles. The molecular weight excluding hydrogens is 391 g/mol. The van der Waals surface area contributed by atoms with E-state index in [0.29, 0.717) is 19.4 Å². The Kier molecular flexibility index (Phi) is 23.5. The minimum absolute atomic E-state index is 0.562. The fraction of sp³-hybridized carbons (Fsp3) is 0.923. The molecule has 0 rings (SSSR count). The van der Waals surface area contributed by atoms with E-state index in [4.69, 9.17) is 9.05 Å². The van der Waals surface area contributed by atoms with E-state index in [1.807, 2.05) is 0 Å². The normalized spacial score (nSPS) is 12.2. The van der Waals surface area contributed by atoms with Crippen LogP contribution in [0.3, 0.4) is 0 Å². The van der Waals surface area contributed by atoms with E-state index in [0.717, 1.165) is 38.5 Å². The standard InChI is InChI=1S/C26H53O3P/c1-4-7-10-11-12-13-14-15-16-17-18-19-20-21-22-23-26-30(27,28-24-8-5-2)29-25-9-6-3/h15-16H,4-14,17-26H2,1-3H3. The fourth-order valence-corrected chi connectivity index (χ4v) is 5.17. The predicted molar refractivity (Wildman–Crippen MR) is 134 cm³/mol. The van der Waals surface area contributed by atoms with Crippen molar-refractivity contribution in [3.8, 4) is 0 Å². The number of rotatable bonds is 24. The molecule has 0 bridgehead atoms. The summed E-state index contributed by atoms with van der Waals surface area (Å²) in [4.78, 5) is 0. The second-order valence-corrected chi connectivity index (χ2v) is 10.8. The van der Waals surface area contributed by atoms with E-state index < -0.39 is 7.60 Å². The summed E-state index contributed by atoms with van der Waals surface area (Å²) in [7, 11) is -2.88. The lowest BCUT2D eigenvalue weighted by atomic mass is 10.1. The van der Waals surface area contributed by atoms with E-state index in [1.165, 1.54) is 77.0 Å². The molecule has 0 spiro atoms. The van der Waals surface area contributed by atoms with E-state index in [1.54, 1.807) is 0 Å². The number of hydrogen-bond donors (Lipinski definition) is 0. The smallest absolute Gasteiger partial charge is 0.309 e. The zero-order chi connectivity index (χ0) is 22.2. The fourth-order valence-electron chi connectivity index (χ4n) is 3.42. The molecule has 0 aromatic carbocycles. The van der Waals surface area contributed by atoms with Crippen LogP contribution in [0.25, 0.3) is 0 Å². The van der Waals surface area contributed by atoms with Gasteiger partial charge < -0.3 is 9.05 Å². The first-order chi connectivity index (χ1) is 14.7. The Labute approximate surface area is 189 Å². The van der Waals surface area contributed by atoms with Crippen LogP contribution >= 0.6 is 7.60 Å². The minimum atomic E-state index is -2.88. The first-order valence-electron chi connectivity index (χ1n) is 13.2. The quantitative estimate of drug-likeness (QED) is 0.0844. The van der Waals surface area contributed by atoms with Crippen molar-refractivity contribution < 1.29 is 13.6 Å². The van der Waals surface area contributed by atoms with Crippen molar-refractivity contribution in [2.45, 2.75) is 136 Å². The van der Waals surface area contributed by atoms with Gasteiger partial charge in [0, 0.05) is 0 Å². The van der Waals surface area contributed by atoms with Crippen LogP contribution in [0.2, 0.25) is 0 Å². The van der Waals surface area contributed by atoms with Gasteiger partial charge >= 0.3 is 7.60 Å². The molecule has 4 heteroatoms. The summed E-state index contributed by atoms with van der Waals surface area (Å²) in [6.07, 6.45) is 27.3. The highest BCUT2D eigenvalue weighted by Crippen LogP contribution is 2.49. The van der Waals surface area contributed by atoms with Gasteiger partial charge in [-0.2, -0.15) is 0 Å². The Morgan fingerprint density at radius 3 is 1.40 bits per heavy atom. The van der Waals surface area contributed by atoms with Crippen LogP contribution in [-0.4, -0.2) is 19.4 Å². The van der Waals surface area contributed by atoms with Crippen molar-refractivity contribution in [1.82, 2.24) is 0 Å². The second kappa shape index (κ2) is 23.6. The zero-order valence-corrected chi connectivity index (χ0v) is 21.6. The van der Waals surface area contributed by atoms with Crippen molar-refractivity contribution in [2.24, 2.45) is 0 Å². The Bertz CT molecular complexity index is 395. The molecule has 0 saturated carbocycles. The van der Waals surface area contributed by atoms with Crippen LogP contribution < -0.4 is 0 Å². The average Bonchev–Trinajstić information content (AvgIpc) is 2.74. The van der Waals surface area contributed by atoms with Crippen molar-refractivity contribution in [2.75, 3.05) is 19.4 Å². The van der Waals surface area contributed by atoms with Crippen molar-refractivity contribution in [3.63, 3.8) is 0 Å². The van der Waals surface area contributed by atoms with Gasteiger partial charge in [0.2, 0.25) is 0 Å². The summed E-state index contributed by atoms with van der Waals surface area (Å²) in [6.45, 7) is 7.64. The maximum absolute atomic E-state index is 12.9. The molecule has 0 atom stereocenters. The van der Waals surface area contributed by atoms with Gasteiger partial charge in [-0.1, -0.05) is 104 Å². The van der Waals surface area contributed by atoms with Gasteiger partial charge in [-0.3, -0.25) is 4.57 Å². The van der Waals surface area contributed by atoms with Crippen LogP contribution in [0.5, 0.6) is 0 Å². The molecule has 0 saturated heterocycles. The van der Waals surface area contributed by atoms with Crippen molar-refractivity contribution >= 4 is 7.60 Å². The molecule has 180 valence electrons. The summed E-state index contributed by atoms with van der Waals surface area (Å²) >= 11 is 0. The molecule has 0 aromatic heterocycles. The van der Waals surface area contributed by atoms with Crippen LogP contribution in [0.1, 0.15) is 136 Å². The summed E-state index contributed by atoms with van der Waals surface area (Å²) in [6, 6.07) is 0. The third-order valence-corrected chi connectivity index (χ3v) is 7.53. The van der Waals surface area contributed by atoms with E-state index in [9.17, 15) is 4.57 Å². The van der Waals surface area contributed by atoms with Crippen LogP contribution in [0.15, 0.2) is 12.2 Å². The zero-order valence-electron chi connectivity index (χ0n) is 20.7. The first-order valence-corrected chi connectivity index (χ1v) is 14.9. The second-order valence-electron chi connectivity index (χ2n) is 8.65. The van der Waals surface area contributed by atoms with Gasteiger partial charge in [-0.05, 0) is 44.9 Å². The summed E-state index contributed by atoms with van der Waals surface area (Å²) in [5.74, 6) is 0. The Morgan fingerprint density at radius 2 is 0.933 bits per heavy atom. The highest BCUT2D eigenvalue weighted by Gasteiger charge is 2.23. The van der Waals surface area contributed by atoms with Gasteiger partial charge in [-0.15, -0.1) is 0 Å². The van der Waals surface area contributed by atoms with Gasteiger partial charge in [0.1, 0.15) is 0 Å². The van der Waals surface area contributed by atoms with Gasteiger partial charge in [0.15, 0.2) is 0 Å². The van der Waals surface area contributed by atoms with Crippen LogP contribution in [0.4, 0.5) is 0 Å². The first kappa shape index (κ1) is 29.9. The predicted octanol–water partition coefficient (Wildman–Crippen LogP) is 9.85. The van der Waals surface area contributed by atoms with Crippen molar-refractivity contribution in [1.29, 1.82) is 0 Å². The summed E-state index contributed by atoms with van der Waals surface area (Å²) in [5.41, 5.74) is 0. The third kappa shape index (κ3) is 21.1. The highest BCUT2D eigenvalue weighted by atomic mass is 31.2. The molecule has 0 N–H and O–H groups in total. The molecule has 0 aromatic rings. The number of unbranched alkanes of at least 4 members (excludes halogenated alkanes) is 14. The Hall–Kier alpha value is -0.110. The highest BCUT2D eigenvalue weighted by molar-refractivity contribution is 7.53. The molecule has 0 radical (unpaired) electrons. The molecule has 0 amide bonds. The lowest BCUT2D eigenvalue weighted by Gasteiger charge is -2.18. The maximum atomic E-state index is 12.9. The molecule has 0 unspecified atom stereocenters. The van der Waals surface area contributed by atoms with Gasteiger partial charge in [0.05, 0.1) is 19.4 Å². The van der Waals surface area contributed by atoms with Crippen LogP contribution in [-0.2, 0) is 13.6 Å². The third-order valence-electron chi connectivity index (χ3n) is 5.52. The summed E-state index contributed by atoms with van der Waals surface area (Å²) in [5, 5.41) is 0. The molecule has 30 heavy (non-hydrogen) atoms. The Balaban J connectivity index is 3.61. The molecule has 3 nitrogen and oxygen atoms in total. The van der Waals surface area contributed by atoms with E-state index in [2.05, 4.69) is 32.9 Å². The Morgan fingerprint density at radius 1 is 0.533 bits per heavy atom. The summed E-state index contributed by atoms with van der Waals surface area (Å²) < 4.78 is 24.2. The number of allylic oxidation sites excluding steroid dienone is 2. The van der Waals surface area contributed by atoms with Crippen molar-refractivity contribution in [3.05, 3.63) is 12.2 Å². The largest absolute Gasteiger partial charge is 0.330 e. The molecule has 0 aliphatic heterocycles. The lowest BCUT2D eigenvalue weighted by Crippen LogP contribution is -2.03. The topological polar surface area (TPSA) is 35.5 Å². The molecule has 0 aliphatic rings. The molecule has 0 aliphatic carbocycles. The van der Waals surface area contributed by atoms with E-state index >= 15 is 0 Å². The maximum Gasteiger partial charge on any atom is 0.330 e. The average molecular weight is 445 g/mol.